The van der Waals surface area contributed by atoms with Crippen molar-refractivity contribution in [2.45, 2.75) is 4.90 Å². The molecule has 0 aliphatic rings. The number of nitrogens with zero attached hydrogens (tertiary/aromatic N) is 5. The van der Waals surface area contributed by atoms with E-state index in [1.54, 1.807) is 41.2 Å². The molecule has 0 spiro atoms. The third-order valence-corrected chi connectivity index (χ3v) is 5.61. The Morgan fingerprint density at radius 2 is 2.16 bits per heavy atom. The van der Waals surface area contributed by atoms with Gasteiger partial charge in [0.15, 0.2) is 0 Å². The van der Waals surface area contributed by atoms with Crippen LogP contribution in [-0.4, -0.2) is 35.7 Å². The molecule has 126 valence electrons. The molecule has 0 unspecified atom stereocenters. The topological polar surface area (TPSA) is 90.8 Å². The second-order valence-corrected chi connectivity index (χ2v) is 7.96. The lowest BCUT2D eigenvalue weighted by atomic mass is 10.2. The van der Waals surface area contributed by atoms with Crippen LogP contribution in [0.25, 0.3) is 5.52 Å². The minimum absolute atomic E-state index is 0.133. The lowest BCUT2D eigenvalue weighted by molar-refractivity contribution is 0.491. The maximum atomic E-state index is 12.5. The van der Waals surface area contributed by atoms with Gasteiger partial charge >= 0.3 is 0 Å². The summed E-state index contributed by atoms with van der Waals surface area (Å²) in [6.07, 6.45) is 4.62. The van der Waals surface area contributed by atoms with Gasteiger partial charge in [-0.2, -0.15) is 28.3 Å². The van der Waals surface area contributed by atoms with Crippen LogP contribution in [0.3, 0.4) is 0 Å². The number of sulfonamides is 1. The number of rotatable bonds is 4. The second kappa shape index (κ2) is 6.66. The highest BCUT2D eigenvalue weighted by atomic mass is 79.9. The average Bonchev–Trinajstić information content (AvgIpc) is 3.01. The molecule has 0 saturated heterocycles. The highest BCUT2D eigenvalue weighted by Crippen LogP contribution is 2.19. The van der Waals surface area contributed by atoms with Gasteiger partial charge in [0.05, 0.1) is 34.5 Å². The van der Waals surface area contributed by atoms with Crippen LogP contribution < -0.4 is 0 Å². The van der Waals surface area contributed by atoms with Crippen LogP contribution in [0.1, 0.15) is 11.1 Å². The zero-order chi connectivity index (χ0) is 18.0. The second-order valence-electron chi connectivity index (χ2n) is 5.10. The lowest BCUT2D eigenvalue weighted by Crippen LogP contribution is -2.21. The van der Waals surface area contributed by atoms with Gasteiger partial charge in [0.1, 0.15) is 0 Å². The molecular weight excluding hydrogens is 406 g/mol. The van der Waals surface area contributed by atoms with Crippen molar-refractivity contribution in [1.29, 1.82) is 5.26 Å². The van der Waals surface area contributed by atoms with E-state index in [2.05, 4.69) is 32.2 Å². The van der Waals surface area contributed by atoms with Crippen molar-refractivity contribution >= 4 is 37.7 Å². The minimum atomic E-state index is -3.75. The minimum Gasteiger partial charge on any atom is -0.240 e. The molecule has 9 heteroatoms. The highest BCUT2D eigenvalue weighted by molar-refractivity contribution is 9.10. The first-order valence-corrected chi connectivity index (χ1v) is 9.31. The third kappa shape index (κ3) is 3.40. The van der Waals surface area contributed by atoms with Crippen LogP contribution in [0.2, 0.25) is 0 Å². The van der Waals surface area contributed by atoms with Gasteiger partial charge in [-0.15, -0.1) is 0 Å². The molecule has 3 aromatic rings. The largest absolute Gasteiger partial charge is 0.278 e. The summed E-state index contributed by atoms with van der Waals surface area (Å²) in [6, 6.07) is 11.8. The Hall–Kier alpha value is -2.70. The molecule has 2 aromatic heterocycles. The first kappa shape index (κ1) is 17.1. The van der Waals surface area contributed by atoms with E-state index in [0.29, 0.717) is 21.1 Å². The van der Waals surface area contributed by atoms with E-state index in [-0.39, 0.29) is 4.90 Å². The molecule has 0 N–H and O–H groups in total. The van der Waals surface area contributed by atoms with Gasteiger partial charge in [0.25, 0.3) is 10.0 Å². The van der Waals surface area contributed by atoms with E-state index in [4.69, 9.17) is 5.26 Å². The van der Waals surface area contributed by atoms with E-state index >= 15 is 0 Å². The van der Waals surface area contributed by atoms with Crippen molar-refractivity contribution < 1.29 is 8.42 Å². The van der Waals surface area contributed by atoms with Gasteiger partial charge in [-0.05, 0) is 30.3 Å². The third-order valence-electron chi connectivity index (χ3n) is 3.48. The Labute approximate surface area is 153 Å². The maximum Gasteiger partial charge on any atom is 0.278 e. The van der Waals surface area contributed by atoms with Crippen molar-refractivity contribution in [3.05, 3.63) is 64.4 Å². The normalized spacial score (nSPS) is 11.7. The number of fused-ring (bicyclic) bond motifs is 1. The van der Waals surface area contributed by atoms with Crippen molar-refractivity contribution in [2.75, 3.05) is 7.05 Å². The summed E-state index contributed by atoms with van der Waals surface area (Å²) in [5.74, 6) is 0. The molecule has 0 aliphatic carbocycles. The van der Waals surface area contributed by atoms with Crippen LogP contribution in [0, 0.1) is 11.3 Å². The van der Waals surface area contributed by atoms with Crippen LogP contribution in [0.5, 0.6) is 0 Å². The summed E-state index contributed by atoms with van der Waals surface area (Å²) in [5.41, 5.74) is 1.75. The molecule has 3 rings (SSSR count). The van der Waals surface area contributed by atoms with Gasteiger partial charge in [0.2, 0.25) is 0 Å². The van der Waals surface area contributed by atoms with Gasteiger partial charge < -0.3 is 0 Å². The number of nitriles is 1. The fourth-order valence-corrected chi connectivity index (χ4v) is 3.71. The van der Waals surface area contributed by atoms with Gasteiger partial charge in [0, 0.05) is 23.3 Å². The molecule has 0 amide bonds. The van der Waals surface area contributed by atoms with E-state index in [1.807, 2.05) is 0 Å². The van der Waals surface area contributed by atoms with Crippen molar-refractivity contribution in [1.82, 2.24) is 14.0 Å². The average molecular weight is 418 g/mol. The quantitative estimate of drug-likeness (QED) is 0.481. The van der Waals surface area contributed by atoms with Gasteiger partial charge in [-0.1, -0.05) is 22.0 Å². The molecule has 0 atom stereocenters. The predicted octanol–water partition coefficient (Wildman–Crippen LogP) is 2.62. The summed E-state index contributed by atoms with van der Waals surface area (Å²) in [6.45, 7) is 0. The number of aromatic nitrogens is 2. The first-order chi connectivity index (χ1) is 11.9. The van der Waals surface area contributed by atoms with E-state index in [1.165, 1.54) is 25.4 Å². The Morgan fingerprint density at radius 3 is 2.88 bits per heavy atom. The van der Waals surface area contributed by atoms with Crippen LogP contribution in [0.4, 0.5) is 0 Å². The van der Waals surface area contributed by atoms with E-state index in [9.17, 15) is 8.42 Å². The van der Waals surface area contributed by atoms with Crippen molar-refractivity contribution in [3.63, 3.8) is 0 Å². The fourth-order valence-electron chi connectivity index (χ4n) is 2.15. The number of halogens is 1. The summed E-state index contributed by atoms with van der Waals surface area (Å²) in [5, 5.41) is 17.2. The number of pyridine rings is 1. The standard InChI is InChI=1S/C16H12BrN5O2S/c1-21(25(23,24)15-4-2-3-14(17)8-15)19-10-13-11-20-22-6-5-12(9-18)7-16(13)22/h2-8,10-11H,1H3. The smallest absolute Gasteiger partial charge is 0.240 e. The Morgan fingerprint density at radius 1 is 1.36 bits per heavy atom. The summed E-state index contributed by atoms with van der Waals surface area (Å²) in [4.78, 5) is 0.133. The molecule has 0 saturated carbocycles. The molecule has 7 nitrogen and oxygen atoms in total. The maximum absolute atomic E-state index is 12.5. The molecule has 1 aromatic carbocycles. The van der Waals surface area contributed by atoms with Gasteiger partial charge in [-0.3, -0.25) is 0 Å². The summed E-state index contributed by atoms with van der Waals surface area (Å²) < 4.78 is 28.2. The molecule has 25 heavy (non-hydrogen) atoms. The molecule has 0 radical (unpaired) electrons. The molecule has 0 bridgehead atoms. The Kier molecular flexibility index (Phi) is 4.57. The zero-order valence-electron chi connectivity index (χ0n) is 13.0. The van der Waals surface area contributed by atoms with Crippen LogP contribution in [-0.2, 0) is 10.0 Å². The van der Waals surface area contributed by atoms with Crippen LogP contribution in [0.15, 0.2) is 63.3 Å². The number of hydrazone groups is 1. The Balaban J connectivity index is 1.93. The Bertz CT molecular complexity index is 1120. The summed E-state index contributed by atoms with van der Waals surface area (Å²) >= 11 is 3.26. The summed E-state index contributed by atoms with van der Waals surface area (Å²) in [7, 11) is -2.39. The molecule has 0 aliphatic heterocycles. The van der Waals surface area contributed by atoms with Gasteiger partial charge in [-0.25, -0.2) is 4.52 Å². The molecular formula is C16H12BrN5O2S. The lowest BCUT2D eigenvalue weighted by Gasteiger charge is -2.13. The highest BCUT2D eigenvalue weighted by Gasteiger charge is 2.19. The monoisotopic (exact) mass is 417 g/mol. The van der Waals surface area contributed by atoms with E-state index < -0.39 is 10.0 Å². The van der Waals surface area contributed by atoms with Crippen LogP contribution >= 0.6 is 15.9 Å². The zero-order valence-corrected chi connectivity index (χ0v) is 15.4. The SMILES string of the molecule is CN(N=Cc1cnn2ccc(C#N)cc12)S(=O)(=O)c1cccc(Br)c1. The van der Waals surface area contributed by atoms with Crippen molar-refractivity contribution in [2.24, 2.45) is 5.10 Å². The number of hydrogen-bond donors (Lipinski definition) is 0. The van der Waals surface area contributed by atoms with E-state index in [0.717, 1.165) is 4.41 Å². The van der Waals surface area contributed by atoms with Crippen molar-refractivity contribution in [3.8, 4) is 6.07 Å². The molecule has 0 fully saturated rings. The molecule has 2 heterocycles. The number of hydrogen-bond acceptors (Lipinski definition) is 5. The fraction of sp³-hybridized carbons (Fsp3) is 0.0625. The first-order valence-electron chi connectivity index (χ1n) is 7.08. The predicted molar refractivity (Wildman–Crippen MR) is 96.6 cm³/mol. The number of benzene rings is 1.